The van der Waals surface area contributed by atoms with Crippen LogP contribution in [0.4, 0.5) is 5.69 Å². The zero-order chi connectivity index (χ0) is 21.0. The first-order valence-corrected chi connectivity index (χ1v) is 10.5. The Hall–Kier alpha value is -2.65. The molecule has 0 bridgehead atoms. The van der Waals surface area contributed by atoms with Gasteiger partial charge in [0.05, 0.1) is 6.42 Å². The first-order valence-electron chi connectivity index (χ1n) is 8.22. The molecular formula is C19H15Cl2N3O4S. The quantitative estimate of drug-likeness (QED) is 0.587. The molecule has 0 atom stereocenters. The van der Waals surface area contributed by atoms with Gasteiger partial charge in [-0.1, -0.05) is 41.4 Å². The molecule has 0 fully saturated rings. The number of nitrogens with two attached hydrogens (primary N) is 1. The smallest absolute Gasteiger partial charge is 0.241 e. The normalized spacial score (nSPS) is 11.1. The lowest BCUT2D eigenvalue weighted by molar-refractivity contribution is -0.115. The third-order valence-corrected chi connectivity index (χ3v) is 5.29. The summed E-state index contributed by atoms with van der Waals surface area (Å²) in [5.74, 6) is -0.326. The molecule has 10 heteroatoms. The number of sulfonamides is 1. The van der Waals surface area contributed by atoms with Gasteiger partial charge in [0, 0.05) is 28.0 Å². The van der Waals surface area contributed by atoms with E-state index in [1.165, 1.54) is 30.5 Å². The summed E-state index contributed by atoms with van der Waals surface area (Å²) in [6, 6.07) is 14.0. The molecule has 0 spiro atoms. The highest BCUT2D eigenvalue weighted by molar-refractivity contribution is 7.89. The number of halogens is 2. The van der Waals surface area contributed by atoms with Gasteiger partial charge >= 0.3 is 0 Å². The highest BCUT2D eigenvalue weighted by Crippen LogP contribution is 2.30. The van der Waals surface area contributed by atoms with Gasteiger partial charge in [-0.3, -0.25) is 4.79 Å². The van der Waals surface area contributed by atoms with Crippen LogP contribution >= 0.6 is 23.2 Å². The highest BCUT2D eigenvalue weighted by atomic mass is 35.5. The van der Waals surface area contributed by atoms with E-state index in [-0.39, 0.29) is 34.5 Å². The van der Waals surface area contributed by atoms with Crippen molar-refractivity contribution in [3.05, 3.63) is 76.4 Å². The highest BCUT2D eigenvalue weighted by Gasteiger charge is 2.18. The maximum Gasteiger partial charge on any atom is 0.241 e. The second-order valence-corrected chi connectivity index (χ2v) is 8.31. The van der Waals surface area contributed by atoms with E-state index >= 15 is 0 Å². The fourth-order valence-corrected chi connectivity index (χ4v) is 3.50. The van der Waals surface area contributed by atoms with Crippen molar-refractivity contribution in [1.82, 2.24) is 4.98 Å². The van der Waals surface area contributed by atoms with E-state index in [2.05, 4.69) is 10.3 Å². The Morgan fingerprint density at radius 3 is 2.55 bits per heavy atom. The number of amides is 1. The predicted molar refractivity (Wildman–Crippen MR) is 111 cm³/mol. The number of ether oxygens (including phenoxy) is 1. The molecule has 7 nitrogen and oxygen atoms in total. The minimum absolute atomic E-state index is 0.0229. The molecule has 0 unspecified atom stereocenters. The number of primary sulfonamides is 1. The number of hydrogen-bond donors (Lipinski definition) is 2. The molecule has 0 aliphatic rings. The summed E-state index contributed by atoms with van der Waals surface area (Å²) in [6.07, 6.45) is 1.44. The van der Waals surface area contributed by atoms with E-state index in [0.717, 1.165) is 0 Å². The van der Waals surface area contributed by atoms with E-state index < -0.39 is 10.0 Å². The fourth-order valence-electron chi connectivity index (χ4n) is 2.47. The number of carbonyl (C=O) groups excluding carboxylic acids is 1. The van der Waals surface area contributed by atoms with Crippen molar-refractivity contribution >= 4 is 44.8 Å². The molecule has 0 saturated carbocycles. The van der Waals surface area contributed by atoms with Gasteiger partial charge in [0.2, 0.25) is 21.8 Å². The van der Waals surface area contributed by atoms with Crippen LogP contribution in [0.15, 0.2) is 65.7 Å². The van der Waals surface area contributed by atoms with Gasteiger partial charge in [-0.05, 0) is 35.9 Å². The summed E-state index contributed by atoms with van der Waals surface area (Å²) in [5, 5.41) is 8.75. The predicted octanol–water partition coefficient (Wildman–Crippen LogP) is 4.01. The summed E-state index contributed by atoms with van der Waals surface area (Å²) in [5.41, 5.74) is 0.878. The van der Waals surface area contributed by atoms with Gasteiger partial charge in [0.1, 0.15) is 10.6 Å². The van der Waals surface area contributed by atoms with E-state index in [4.69, 9.17) is 33.1 Å². The van der Waals surface area contributed by atoms with Gasteiger partial charge in [-0.2, -0.15) is 0 Å². The summed E-state index contributed by atoms with van der Waals surface area (Å²) < 4.78 is 29.5. The van der Waals surface area contributed by atoms with Crippen LogP contribution in [0, 0.1) is 0 Å². The van der Waals surface area contributed by atoms with Crippen LogP contribution in [0.1, 0.15) is 5.56 Å². The van der Waals surface area contributed by atoms with Crippen molar-refractivity contribution in [3.8, 4) is 11.6 Å². The molecule has 1 amide bonds. The summed E-state index contributed by atoms with van der Waals surface area (Å²) in [7, 11) is -4.15. The minimum Gasteiger partial charge on any atom is -0.438 e. The van der Waals surface area contributed by atoms with Crippen molar-refractivity contribution in [1.29, 1.82) is 0 Å². The number of anilines is 1. The first-order chi connectivity index (χ1) is 13.7. The molecular weight excluding hydrogens is 437 g/mol. The summed E-state index contributed by atoms with van der Waals surface area (Å²) >= 11 is 11.9. The zero-order valence-electron chi connectivity index (χ0n) is 14.8. The minimum atomic E-state index is -4.15. The SMILES string of the molecule is NS(=O)(=O)c1cc(NC(=O)Cc2ccccc2Cl)ccc1Oc1cc(Cl)ccn1. The molecule has 150 valence electrons. The van der Waals surface area contributed by atoms with Crippen LogP contribution in [0.5, 0.6) is 11.6 Å². The molecule has 2 aromatic carbocycles. The Bertz CT molecular complexity index is 1170. The van der Waals surface area contributed by atoms with Crippen molar-refractivity contribution in [2.45, 2.75) is 11.3 Å². The average molecular weight is 452 g/mol. The van der Waals surface area contributed by atoms with Crippen LogP contribution in [-0.4, -0.2) is 19.3 Å². The lowest BCUT2D eigenvalue weighted by atomic mass is 10.1. The van der Waals surface area contributed by atoms with Gasteiger partial charge in [-0.15, -0.1) is 0 Å². The van der Waals surface area contributed by atoms with Crippen LogP contribution in [0.2, 0.25) is 10.0 Å². The van der Waals surface area contributed by atoms with Gasteiger partial charge in [-0.25, -0.2) is 18.5 Å². The Morgan fingerprint density at radius 2 is 1.86 bits per heavy atom. The molecule has 0 aliphatic carbocycles. The van der Waals surface area contributed by atoms with E-state index in [1.807, 2.05) is 0 Å². The van der Waals surface area contributed by atoms with Crippen LogP contribution in [0.25, 0.3) is 0 Å². The lowest BCUT2D eigenvalue weighted by Gasteiger charge is -2.12. The van der Waals surface area contributed by atoms with Crippen LogP contribution in [-0.2, 0) is 21.2 Å². The van der Waals surface area contributed by atoms with Crippen LogP contribution in [0.3, 0.4) is 0 Å². The average Bonchev–Trinajstić information content (AvgIpc) is 2.64. The lowest BCUT2D eigenvalue weighted by Crippen LogP contribution is -2.17. The molecule has 0 saturated heterocycles. The second kappa shape index (κ2) is 8.79. The molecule has 29 heavy (non-hydrogen) atoms. The molecule has 3 rings (SSSR count). The number of rotatable bonds is 6. The second-order valence-electron chi connectivity index (χ2n) is 5.94. The molecule has 3 N–H and O–H groups in total. The fraction of sp³-hybridized carbons (Fsp3) is 0.0526. The summed E-state index contributed by atoms with van der Waals surface area (Å²) in [4.78, 5) is 16.0. The Kier molecular flexibility index (Phi) is 6.39. The number of nitrogens with zero attached hydrogens (tertiary/aromatic N) is 1. The number of hydrogen-bond acceptors (Lipinski definition) is 5. The van der Waals surface area contributed by atoms with Gasteiger partial charge in [0.15, 0.2) is 0 Å². The molecule has 0 aliphatic heterocycles. The standard InChI is InChI=1S/C19H15Cl2N3O4S/c20-13-7-8-23-19(10-13)28-16-6-5-14(11-17(16)29(22,26)27)24-18(25)9-12-3-1-2-4-15(12)21/h1-8,10-11H,9H2,(H,24,25)(H2,22,26,27). The van der Waals surface area contributed by atoms with E-state index in [1.54, 1.807) is 30.3 Å². The van der Waals surface area contributed by atoms with E-state index in [0.29, 0.717) is 15.6 Å². The van der Waals surface area contributed by atoms with Crippen molar-refractivity contribution in [2.75, 3.05) is 5.32 Å². The number of aromatic nitrogens is 1. The Labute approximate surface area is 177 Å². The maximum atomic E-state index is 12.3. The third-order valence-electron chi connectivity index (χ3n) is 3.75. The molecule has 1 heterocycles. The Morgan fingerprint density at radius 1 is 1.10 bits per heavy atom. The largest absolute Gasteiger partial charge is 0.438 e. The van der Waals surface area contributed by atoms with Crippen molar-refractivity contribution in [2.24, 2.45) is 5.14 Å². The van der Waals surface area contributed by atoms with Crippen molar-refractivity contribution < 1.29 is 17.9 Å². The van der Waals surface area contributed by atoms with E-state index in [9.17, 15) is 13.2 Å². The van der Waals surface area contributed by atoms with Crippen molar-refractivity contribution in [3.63, 3.8) is 0 Å². The number of benzene rings is 2. The van der Waals surface area contributed by atoms with Gasteiger partial charge in [0.25, 0.3) is 0 Å². The number of nitrogens with one attached hydrogen (secondary N) is 1. The zero-order valence-corrected chi connectivity index (χ0v) is 17.1. The van der Waals surface area contributed by atoms with Crippen LogP contribution < -0.4 is 15.2 Å². The molecule has 0 radical (unpaired) electrons. The maximum absolute atomic E-state index is 12.3. The van der Waals surface area contributed by atoms with Gasteiger partial charge < -0.3 is 10.1 Å². The Balaban J connectivity index is 1.84. The summed E-state index contributed by atoms with van der Waals surface area (Å²) in [6.45, 7) is 0. The molecule has 1 aromatic heterocycles. The third kappa shape index (κ3) is 5.68. The topological polar surface area (TPSA) is 111 Å². The first kappa shape index (κ1) is 21.1. The number of pyridine rings is 1. The molecule has 3 aromatic rings. The monoisotopic (exact) mass is 451 g/mol. The number of carbonyl (C=O) groups is 1.